The van der Waals surface area contributed by atoms with Gasteiger partial charge in [-0.15, -0.1) is 0 Å². The maximum Gasteiger partial charge on any atom is 0.429 e. The van der Waals surface area contributed by atoms with E-state index in [4.69, 9.17) is 14.2 Å². The number of hydrogen-bond acceptors (Lipinski definition) is 8. The molecule has 0 saturated carbocycles. The molecule has 0 N–H and O–H groups in total. The largest absolute Gasteiger partial charge is 0.497 e. The Kier molecular flexibility index (Phi) is 7.88. The zero-order valence-electron chi connectivity index (χ0n) is 20.1. The number of amides is 1. The van der Waals surface area contributed by atoms with Crippen molar-refractivity contribution in [2.75, 3.05) is 7.11 Å². The van der Waals surface area contributed by atoms with Crippen molar-refractivity contribution in [1.82, 2.24) is 4.31 Å². The van der Waals surface area contributed by atoms with E-state index in [1.165, 1.54) is 67.8 Å². The molecule has 0 unspecified atom stereocenters. The van der Waals surface area contributed by atoms with Gasteiger partial charge in [0.1, 0.15) is 23.0 Å². The molecule has 0 heterocycles. The fourth-order valence-electron chi connectivity index (χ4n) is 3.36. The number of nitro groups is 1. The predicted octanol–water partition coefficient (Wildman–Crippen LogP) is 5.79. The molecule has 0 aliphatic carbocycles. The third-order valence-corrected chi connectivity index (χ3v) is 7.06. The monoisotopic (exact) mass is 534 g/mol. The van der Waals surface area contributed by atoms with Crippen molar-refractivity contribution in [3.63, 3.8) is 0 Å². The molecule has 0 aromatic heterocycles. The quantitative estimate of drug-likeness (QED) is 0.195. The molecule has 10 nitrogen and oxygen atoms in total. The molecule has 4 aromatic rings. The molecule has 0 bridgehead atoms. The van der Waals surface area contributed by atoms with Crippen LogP contribution in [-0.2, 0) is 16.6 Å². The summed E-state index contributed by atoms with van der Waals surface area (Å²) in [6, 6.07) is 25.9. The Hall–Kier alpha value is -4.90. The lowest BCUT2D eigenvalue weighted by molar-refractivity contribution is -0.384. The molecular weight excluding hydrogens is 512 g/mol. The second-order valence-electron chi connectivity index (χ2n) is 7.87. The average Bonchev–Trinajstić information content (AvgIpc) is 2.93. The maximum atomic E-state index is 13.5. The Morgan fingerprint density at radius 1 is 0.789 bits per heavy atom. The predicted molar refractivity (Wildman–Crippen MR) is 138 cm³/mol. The first-order chi connectivity index (χ1) is 18.3. The number of carbonyl (C=O) groups is 1. The molecule has 0 saturated heterocycles. The van der Waals surface area contributed by atoms with Crippen LogP contribution in [0, 0.1) is 10.1 Å². The molecular formula is C27H22N2O8S. The van der Waals surface area contributed by atoms with Crippen LogP contribution < -0.4 is 14.2 Å². The summed E-state index contributed by atoms with van der Waals surface area (Å²) in [5, 5.41) is 11.0. The lowest BCUT2D eigenvalue weighted by Gasteiger charge is -2.22. The van der Waals surface area contributed by atoms with Crippen LogP contribution in [0.1, 0.15) is 5.56 Å². The van der Waals surface area contributed by atoms with Gasteiger partial charge in [-0.2, -0.15) is 4.31 Å². The summed E-state index contributed by atoms with van der Waals surface area (Å²) in [5.41, 5.74) is 0.176. The smallest absolute Gasteiger partial charge is 0.429 e. The van der Waals surface area contributed by atoms with Gasteiger partial charge < -0.3 is 14.2 Å². The summed E-state index contributed by atoms with van der Waals surface area (Å²) < 4.78 is 43.7. The van der Waals surface area contributed by atoms with Gasteiger partial charge in [-0.25, -0.2) is 13.2 Å². The van der Waals surface area contributed by atoms with Crippen molar-refractivity contribution < 1.29 is 32.3 Å². The third-order valence-electron chi connectivity index (χ3n) is 5.33. The van der Waals surface area contributed by atoms with Gasteiger partial charge in [0.2, 0.25) is 0 Å². The lowest BCUT2D eigenvalue weighted by atomic mass is 10.2. The first-order valence-electron chi connectivity index (χ1n) is 11.2. The number of hydrogen-bond donors (Lipinski definition) is 0. The first kappa shape index (κ1) is 26.2. The van der Waals surface area contributed by atoms with Crippen LogP contribution in [0.15, 0.2) is 108 Å². The molecule has 0 fully saturated rings. The first-order valence-corrected chi connectivity index (χ1v) is 12.7. The third kappa shape index (κ3) is 6.26. The number of benzene rings is 4. The van der Waals surface area contributed by atoms with Crippen molar-refractivity contribution in [3.05, 3.63) is 119 Å². The number of sulfonamides is 1. The lowest BCUT2D eigenvalue weighted by Crippen LogP contribution is -2.38. The highest BCUT2D eigenvalue weighted by Gasteiger charge is 2.31. The second kappa shape index (κ2) is 11.4. The van der Waals surface area contributed by atoms with Crippen LogP contribution in [-0.4, -0.2) is 30.8 Å². The van der Waals surface area contributed by atoms with Crippen LogP contribution in [0.25, 0.3) is 0 Å². The average molecular weight is 535 g/mol. The zero-order chi connectivity index (χ0) is 27.1. The van der Waals surface area contributed by atoms with Gasteiger partial charge in [0, 0.05) is 12.1 Å². The van der Waals surface area contributed by atoms with E-state index >= 15 is 0 Å². The maximum absolute atomic E-state index is 13.5. The molecule has 194 valence electrons. The topological polar surface area (TPSA) is 125 Å². The molecule has 4 rings (SSSR count). The van der Waals surface area contributed by atoms with Gasteiger partial charge in [0.15, 0.2) is 0 Å². The van der Waals surface area contributed by atoms with Crippen LogP contribution in [0.5, 0.6) is 23.0 Å². The fourth-order valence-corrected chi connectivity index (χ4v) is 4.65. The highest BCUT2D eigenvalue weighted by molar-refractivity contribution is 7.89. The Morgan fingerprint density at radius 3 is 1.92 bits per heavy atom. The summed E-state index contributed by atoms with van der Waals surface area (Å²) in [4.78, 5) is 23.4. The van der Waals surface area contributed by atoms with E-state index in [2.05, 4.69) is 0 Å². The highest BCUT2D eigenvalue weighted by Crippen LogP contribution is 2.26. The van der Waals surface area contributed by atoms with E-state index in [1.54, 1.807) is 24.3 Å². The van der Waals surface area contributed by atoms with E-state index in [9.17, 15) is 23.3 Å². The summed E-state index contributed by atoms with van der Waals surface area (Å²) >= 11 is 0. The van der Waals surface area contributed by atoms with Crippen molar-refractivity contribution in [2.45, 2.75) is 11.4 Å². The molecule has 38 heavy (non-hydrogen) atoms. The molecule has 0 atom stereocenters. The van der Waals surface area contributed by atoms with Gasteiger partial charge in [-0.1, -0.05) is 30.3 Å². The van der Waals surface area contributed by atoms with E-state index in [0.29, 0.717) is 27.1 Å². The minimum absolute atomic E-state index is 0.0917. The van der Waals surface area contributed by atoms with E-state index in [-0.39, 0.29) is 16.3 Å². The van der Waals surface area contributed by atoms with Crippen LogP contribution in [0.4, 0.5) is 10.5 Å². The highest BCUT2D eigenvalue weighted by atomic mass is 32.2. The van der Waals surface area contributed by atoms with Gasteiger partial charge in [-0.3, -0.25) is 10.1 Å². The van der Waals surface area contributed by atoms with Gasteiger partial charge in [0.25, 0.3) is 15.7 Å². The zero-order valence-corrected chi connectivity index (χ0v) is 20.9. The molecule has 0 aliphatic heterocycles. The van der Waals surface area contributed by atoms with E-state index < -0.39 is 27.6 Å². The van der Waals surface area contributed by atoms with Crippen LogP contribution in [0.2, 0.25) is 0 Å². The van der Waals surface area contributed by atoms with Gasteiger partial charge in [-0.05, 0) is 66.2 Å². The summed E-state index contributed by atoms with van der Waals surface area (Å²) in [5.74, 6) is 1.64. The van der Waals surface area contributed by atoms with Gasteiger partial charge in [0.05, 0.1) is 23.5 Å². The van der Waals surface area contributed by atoms with Crippen LogP contribution >= 0.6 is 0 Å². The number of para-hydroxylation sites is 1. The van der Waals surface area contributed by atoms with Crippen molar-refractivity contribution in [1.29, 1.82) is 0 Å². The van der Waals surface area contributed by atoms with Crippen molar-refractivity contribution >= 4 is 21.8 Å². The number of methoxy groups -OCH3 is 1. The summed E-state index contributed by atoms with van der Waals surface area (Å²) in [7, 11) is -2.93. The second-order valence-corrected chi connectivity index (χ2v) is 9.73. The molecule has 0 spiro atoms. The van der Waals surface area contributed by atoms with E-state index in [0.717, 1.165) is 0 Å². The van der Waals surface area contributed by atoms with Crippen LogP contribution in [0.3, 0.4) is 0 Å². The number of carbonyl (C=O) groups excluding carboxylic acids is 1. The fraction of sp³-hybridized carbons (Fsp3) is 0.0741. The Bertz CT molecular complexity index is 1510. The Labute approximate surface area is 218 Å². The molecule has 11 heteroatoms. The number of non-ortho nitro benzene ring substituents is 1. The molecule has 0 aliphatic rings. The van der Waals surface area contributed by atoms with Gasteiger partial charge >= 0.3 is 6.09 Å². The molecule has 1 amide bonds. The Morgan fingerprint density at radius 2 is 1.34 bits per heavy atom. The number of nitro benzene ring substituents is 1. The molecule has 0 radical (unpaired) electrons. The number of rotatable bonds is 9. The SMILES string of the molecule is COc1ccc(S(=O)(=O)N(Cc2ccc([N+](=O)[O-])cc2)C(=O)Oc2ccc(Oc3ccccc3)cc2)cc1. The standard InChI is InChI=1S/C27H22N2O8S/c1-35-22-15-17-26(18-16-22)38(33,34)28(19-20-7-9-21(10-8-20)29(31)32)27(30)37-25-13-11-24(12-14-25)36-23-5-3-2-4-6-23/h2-18H,19H2,1H3. The van der Waals surface area contributed by atoms with Crippen molar-refractivity contribution in [2.24, 2.45) is 0 Å². The minimum Gasteiger partial charge on any atom is -0.497 e. The molecule has 4 aromatic carbocycles. The normalized spacial score (nSPS) is 10.9. The van der Waals surface area contributed by atoms with E-state index in [1.807, 2.05) is 18.2 Å². The Balaban J connectivity index is 1.58. The van der Waals surface area contributed by atoms with Crippen molar-refractivity contribution in [3.8, 4) is 23.0 Å². The summed E-state index contributed by atoms with van der Waals surface area (Å²) in [6.07, 6.45) is -1.16. The number of ether oxygens (including phenoxy) is 3. The minimum atomic E-state index is -4.37. The summed E-state index contributed by atoms with van der Waals surface area (Å²) in [6.45, 7) is -0.416. The number of nitrogens with zero attached hydrogens (tertiary/aromatic N) is 2.